The minimum Gasteiger partial charge on any atom is -0.478 e. The van der Waals surface area contributed by atoms with Crippen molar-refractivity contribution in [2.45, 2.75) is 26.3 Å². The van der Waals surface area contributed by atoms with Crippen molar-refractivity contribution in [3.63, 3.8) is 0 Å². The molecule has 0 radical (unpaired) electrons. The molecule has 0 fully saturated rings. The van der Waals surface area contributed by atoms with Gasteiger partial charge in [0.05, 0.1) is 0 Å². The molecule has 1 unspecified atom stereocenters. The topological polar surface area (TPSA) is 40.5 Å². The minimum absolute atomic E-state index is 0.419. The van der Waals surface area contributed by atoms with Crippen molar-refractivity contribution in [3.8, 4) is 0 Å². The number of carbonyl (C=O) groups is 1. The maximum atomic E-state index is 10.7. The second kappa shape index (κ2) is 8.00. The summed E-state index contributed by atoms with van der Waals surface area (Å²) >= 11 is 1.85. The van der Waals surface area contributed by atoms with Crippen LogP contribution in [-0.4, -0.2) is 36.2 Å². The Balaban J connectivity index is 3.00. The summed E-state index contributed by atoms with van der Waals surface area (Å²) in [4.78, 5) is 12.9. The third-order valence-electron chi connectivity index (χ3n) is 3.37. The number of hydrogen-bond donors (Lipinski definition) is 1. The summed E-state index contributed by atoms with van der Waals surface area (Å²) in [5, 5.41) is 8.80. The maximum Gasteiger partial charge on any atom is 0.328 e. The van der Waals surface area contributed by atoms with Crippen molar-refractivity contribution in [3.05, 3.63) is 35.4 Å². The standard InChI is InChI=1S/C16H23NO2S/c1-12-5-7-15(14(11-12)6-8-16(18)19)17(3)13(2)9-10-20-4/h5-8,11,13H,9-10H2,1-4H3,(H,18,19)/b8-6+. The lowest BCUT2D eigenvalue weighted by atomic mass is 10.1. The molecule has 0 saturated carbocycles. The van der Waals surface area contributed by atoms with Gasteiger partial charge in [0.1, 0.15) is 0 Å². The van der Waals surface area contributed by atoms with E-state index in [-0.39, 0.29) is 0 Å². The monoisotopic (exact) mass is 293 g/mol. The van der Waals surface area contributed by atoms with Gasteiger partial charge >= 0.3 is 5.97 Å². The number of thioether (sulfide) groups is 1. The number of benzene rings is 1. The van der Waals surface area contributed by atoms with E-state index in [1.54, 1.807) is 6.08 Å². The molecule has 4 heteroatoms. The molecule has 0 heterocycles. The molecule has 1 atom stereocenters. The number of carboxylic acids is 1. The first-order chi connectivity index (χ1) is 9.45. The maximum absolute atomic E-state index is 10.7. The Morgan fingerprint density at radius 3 is 2.80 bits per heavy atom. The number of aliphatic carboxylic acids is 1. The van der Waals surface area contributed by atoms with Gasteiger partial charge in [0.25, 0.3) is 0 Å². The van der Waals surface area contributed by atoms with E-state index in [2.05, 4.69) is 37.3 Å². The Bertz CT molecular complexity index is 485. The third-order valence-corrected chi connectivity index (χ3v) is 4.01. The number of carboxylic acid groups (broad SMARTS) is 1. The zero-order valence-corrected chi connectivity index (χ0v) is 13.4. The highest BCUT2D eigenvalue weighted by Gasteiger charge is 2.12. The van der Waals surface area contributed by atoms with Crippen molar-refractivity contribution >= 4 is 29.5 Å². The van der Waals surface area contributed by atoms with Crippen LogP contribution < -0.4 is 4.90 Å². The molecule has 1 N–H and O–H groups in total. The number of rotatable bonds is 7. The molecule has 0 bridgehead atoms. The van der Waals surface area contributed by atoms with Crippen molar-refractivity contribution in [2.24, 2.45) is 0 Å². The van der Waals surface area contributed by atoms with Crippen LogP contribution in [0.5, 0.6) is 0 Å². The average Bonchev–Trinajstić information content (AvgIpc) is 2.41. The highest BCUT2D eigenvalue weighted by atomic mass is 32.2. The Morgan fingerprint density at radius 1 is 1.50 bits per heavy atom. The third kappa shape index (κ3) is 4.93. The molecular weight excluding hydrogens is 270 g/mol. The molecule has 0 aromatic heterocycles. The van der Waals surface area contributed by atoms with Crippen LogP contribution in [0.2, 0.25) is 0 Å². The van der Waals surface area contributed by atoms with Gasteiger partial charge < -0.3 is 10.0 Å². The fourth-order valence-corrected chi connectivity index (χ4v) is 2.59. The second-order valence-corrected chi connectivity index (χ2v) is 5.96. The Labute approximate surface area is 125 Å². The van der Waals surface area contributed by atoms with Gasteiger partial charge in [-0.2, -0.15) is 11.8 Å². The molecule has 20 heavy (non-hydrogen) atoms. The van der Waals surface area contributed by atoms with Crippen LogP contribution in [0.15, 0.2) is 24.3 Å². The van der Waals surface area contributed by atoms with Gasteiger partial charge in [-0.1, -0.05) is 11.6 Å². The Kier molecular flexibility index (Phi) is 6.65. The summed E-state index contributed by atoms with van der Waals surface area (Å²) in [6.45, 7) is 4.21. The quantitative estimate of drug-likeness (QED) is 0.779. The van der Waals surface area contributed by atoms with E-state index < -0.39 is 5.97 Å². The van der Waals surface area contributed by atoms with Crippen LogP contribution >= 0.6 is 11.8 Å². The summed E-state index contributed by atoms with van der Waals surface area (Å²) in [5.41, 5.74) is 3.15. The number of anilines is 1. The lowest BCUT2D eigenvalue weighted by Gasteiger charge is -2.28. The Morgan fingerprint density at radius 2 is 2.20 bits per heavy atom. The summed E-state index contributed by atoms with van der Waals surface area (Å²) in [5.74, 6) is 0.202. The molecule has 0 aliphatic rings. The van der Waals surface area contributed by atoms with Crippen molar-refractivity contribution in [1.82, 2.24) is 0 Å². The summed E-state index contributed by atoms with van der Waals surface area (Å²) in [7, 11) is 2.06. The lowest BCUT2D eigenvalue weighted by Crippen LogP contribution is -2.29. The first-order valence-corrected chi connectivity index (χ1v) is 8.08. The molecule has 0 saturated heterocycles. The van der Waals surface area contributed by atoms with Gasteiger partial charge in [-0.3, -0.25) is 0 Å². The van der Waals surface area contributed by atoms with Gasteiger partial charge in [0, 0.05) is 24.9 Å². The average molecular weight is 293 g/mol. The molecule has 1 aromatic rings. The SMILES string of the molecule is CSCCC(C)N(C)c1ccc(C)cc1/C=C/C(=O)O. The number of hydrogen-bond acceptors (Lipinski definition) is 3. The minimum atomic E-state index is -0.921. The van der Waals surface area contributed by atoms with Gasteiger partial charge in [-0.15, -0.1) is 0 Å². The molecular formula is C16H23NO2S. The molecule has 0 amide bonds. The largest absolute Gasteiger partial charge is 0.478 e. The van der Waals surface area contributed by atoms with Gasteiger partial charge in [-0.05, 0) is 56.0 Å². The molecule has 3 nitrogen and oxygen atoms in total. The normalized spacial score (nSPS) is 12.6. The fourth-order valence-electron chi connectivity index (χ4n) is 2.01. The molecule has 0 aliphatic heterocycles. The lowest BCUT2D eigenvalue weighted by molar-refractivity contribution is -0.131. The fraction of sp³-hybridized carbons (Fsp3) is 0.438. The van der Waals surface area contributed by atoms with E-state index in [0.717, 1.165) is 29.0 Å². The predicted octanol–water partition coefficient (Wildman–Crippen LogP) is 3.67. The number of nitrogens with zero attached hydrogens (tertiary/aromatic N) is 1. The van der Waals surface area contributed by atoms with E-state index >= 15 is 0 Å². The summed E-state index contributed by atoms with van der Waals surface area (Å²) < 4.78 is 0. The van der Waals surface area contributed by atoms with E-state index in [1.165, 1.54) is 6.08 Å². The smallest absolute Gasteiger partial charge is 0.328 e. The van der Waals surface area contributed by atoms with Crippen LogP contribution in [0.4, 0.5) is 5.69 Å². The van der Waals surface area contributed by atoms with E-state index in [9.17, 15) is 4.79 Å². The highest BCUT2D eigenvalue weighted by molar-refractivity contribution is 7.98. The summed E-state index contributed by atoms with van der Waals surface area (Å²) in [6.07, 6.45) is 6.08. The molecule has 0 spiro atoms. The van der Waals surface area contributed by atoms with E-state index in [1.807, 2.05) is 24.8 Å². The van der Waals surface area contributed by atoms with Gasteiger partial charge in [0.15, 0.2) is 0 Å². The van der Waals surface area contributed by atoms with Gasteiger partial charge in [0.2, 0.25) is 0 Å². The highest BCUT2D eigenvalue weighted by Crippen LogP contribution is 2.25. The van der Waals surface area contributed by atoms with Gasteiger partial charge in [-0.25, -0.2) is 4.79 Å². The molecule has 1 rings (SSSR count). The van der Waals surface area contributed by atoms with Crippen molar-refractivity contribution in [2.75, 3.05) is 24.0 Å². The van der Waals surface area contributed by atoms with Crippen LogP contribution in [0.3, 0.4) is 0 Å². The van der Waals surface area contributed by atoms with Crippen LogP contribution in [0.1, 0.15) is 24.5 Å². The first-order valence-electron chi connectivity index (χ1n) is 6.69. The summed E-state index contributed by atoms with van der Waals surface area (Å²) in [6, 6.07) is 6.56. The number of aryl methyl sites for hydroxylation is 1. The Hall–Kier alpha value is -1.42. The van der Waals surface area contributed by atoms with E-state index in [4.69, 9.17) is 5.11 Å². The molecule has 110 valence electrons. The van der Waals surface area contributed by atoms with E-state index in [0.29, 0.717) is 6.04 Å². The zero-order valence-electron chi connectivity index (χ0n) is 12.6. The van der Waals surface area contributed by atoms with Crippen LogP contribution in [0, 0.1) is 6.92 Å². The van der Waals surface area contributed by atoms with Crippen LogP contribution in [0.25, 0.3) is 6.08 Å². The second-order valence-electron chi connectivity index (χ2n) is 4.98. The van der Waals surface area contributed by atoms with Crippen molar-refractivity contribution < 1.29 is 9.90 Å². The molecule has 1 aromatic carbocycles. The predicted molar refractivity (Wildman–Crippen MR) is 88.7 cm³/mol. The van der Waals surface area contributed by atoms with Crippen LogP contribution in [-0.2, 0) is 4.79 Å². The zero-order chi connectivity index (χ0) is 15.1. The van der Waals surface area contributed by atoms with Crippen molar-refractivity contribution in [1.29, 1.82) is 0 Å². The molecule has 0 aliphatic carbocycles. The first kappa shape index (κ1) is 16.6.